The number of benzene rings is 1. The minimum absolute atomic E-state index is 0.363. The van der Waals surface area contributed by atoms with Crippen molar-refractivity contribution in [2.45, 2.75) is 30.6 Å². The Bertz CT molecular complexity index is 693. The number of aromatic nitrogens is 2. The number of aryl methyl sites for hydroxylation is 2. The second-order valence-corrected chi connectivity index (χ2v) is 6.78. The molecule has 0 saturated heterocycles. The Balaban J connectivity index is 1.68. The van der Waals surface area contributed by atoms with E-state index in [2.05, 4.69) is 14.9 Å². The van der Waals surface area contributed by atoms with Crippen LogP contribution in [0.3, 0.4) is 0 Å². The minimum Gasteiger partial charge on any atom is -0.283 e. The molecule has 1 aliphatic rings. The average Bonchev–Trinajstić information content (AvgIpc) is 3.08. The van der Waals surface area contributed by atoms with E-state index in [0.717, 1.165) is 25.0 Å². The van der Waals surface area contributed by atoms with Gasteiger partial charge in [0.1, 0.15) is 0 Å². The molecule has 1 aromatic heterocycles. The number of rotatable bonds is 5. The lowest BCUT2D eigenvalue weighted by atomic mass is 10.1. The van der Waals surface area contributed by atoms with Gasteiger partial charge < -0.3 is 0 Å². The van der Waals surface area contributed by atoms with Crippen molar-refractivity contribution in [2.24, 2.45) is 0 Å². The van der Waals surface area contributed by atoms with Gasteiger partial charge in [0.25, 0.3) is 0 Å². The highest BCUT2D eigenvalue weighted by molar-refractivity contribution is 7.89. The minimum atomic E-state index is -3.42. The van der Waals surface area contributed by atoms with Gasteiger partial charge in [-0.25, -0.2) is 13.1 Å². The van der Waals surface area contributed by atoms with E-state index in [1.54, 1.807) is 18.3 Å². The first-order valence-electron chi connectivity index (χ1n) is 6.75. The molecule has 0 saturated carbocycles. The Labute approximate surface area is 118 Å². The molecule has 5 nitrogen and oxygen atoms in total. The molecule has 1 heterocycles. The molecule has 0 unspecified atom stereocenters. The van der Waals surface area contributed by atoms with Gasteiger partial charge >= 0.3 is 0 Å². The van der Waals surface area contributed by atoms with Crippen LogP contribution in [0.2, 0.25) is 0 Å². The lowest BCUT2D eigenvalue weighted by Crippen LogP contribution is -2.26. The molecular weight excluding hydrogens is 274 g/mol. The van der Waals surface area contributed by atoms with E-state index in [1.165, 1.54) is 11.1 Å². The fraction of sp³-hybridized carbons (Fsp3) is 0.357. The zero-order valence-electron chi connectivity index (χ0n) is 11.1. The maximum absolute atomic E-state index is 12.2. The van der Waals surface area contributed by atoms with Crippen molar-refractivity contribution in [3.63, 3.8) is 0 Å². The van der Waals surface area contributed by atoms with Crippen molar-refractivity contribution in [3.8, 4) is 0 Å². The molecule has 1 aliphatic carbocycles. The first kappa shape index (κ1) is 13.3. The normalized spacial score (nSPS) is 14.4. The lowest BCUT2D eigenvalue weighted by molar-refractivity contribution is 0.581. The van der Waals surface area contributed by atoms with Crippen LogP contribution in [-0.4, -0.2) is 25.2 Å². The number of H-pyrrole nitrogens is 1. The van der Waals surface area contributed by atoms with E-state index >= 15 is 0 Å². The van der Waals surface area contributed by atoms with E-state index in [1.807, 2.05) is 12.1 Å². The highest BCUT2D eigenvalue weighted by Gasteiger charge is 2.17. The van der Waals surface area contributed by atoms with Crippen LogP contribution in [0.1, 0.15) is 23.2 Å². The van der Waals surface area contributed by atoms with Crippen LogP contribution in [0, 0.1) is 0 Å². The molecule has 1 aromatic carbocycles. The van der Waals surface area contributed by atoms with Crippen LogP contribution in [-0.2, 0) is 29.3 Å². The van der Waals surface area contributed by atoms with Crippen LogP contribution < -0.4 is 4.72 Å². The number of fused-ring (bicyclic) bond motifs is 1. The summed E-state index contributed by atoms with van der Waals surface area (Å²) in [6.45, 7) is 0.363. The molecule has 0 aliphatic heterocycles. The average molecular weight is 291 g/mol. The van der Waals surface area contributed by atoms with Crippen LogP contribution in [0.5, 0.6) is 0 Å². The van der Waals surface area contributed by atoms with Crippen LogP contribution in [0.15, 0.2) is 35.4 Å². The van der Waals surface area contributed by atoms with Crippen molar-refractivity contribution in [3.05, 3.63) is 47.3 Å². The maximum Gasteiger partial charge on any atom is 0.240 e. The van der Waals surface area contributed by atoms with Crippen molar-refractivity contribution in [1.82, 2.24) is 14.9 Å². The van der Waals surface area contributed by atoms with Crippen LogP contribution in [0.25, 0.3) is 0 Å². The Kier molecular flexibility index (Phi) is 3.58. The molecule has 0 atom stereocenters. The standard InChI is InChI=1S/C14H17N3O2S/c18-20(19,16-9-7-13-6-8-15-17-13)14-5-4-11-2-1-3-12(11)10-14/h4-6,8,10,16H,1-3,7,9H2,(H,15,17). The molecule has 0 radical (unpaired) electrons. The van der Waals surface area contributed by atoms with E-state index in [9.17, 15) is 8.42 Å². The maximum atomic E-state index is 12.2. The van der Waals surface area contributed by atoms with Gasteiger partial charge in [-0.05, 0) is 48.6 Å². The molecule has 0 bridgehead atoms. The van der Waals surface area contributed by atoms with Gasteiger partial charge in [-0.2, -0.15) is 5.10 Å². The predicted molar refractivity (Wildman–Crippen MR) is 75.9 cm³/mol. The largest absolute Gasteiger partial charge is 0.283 e. The van der Waals surface area contributed by atoms with E-state index in [0.29, 0.717) is 17.9 Å². The fourth-order valence-electron chi connectivity index (χ4n) is 2.54. The summed E-state index contributed by atoms with van der Waals surface area (Å²) in [6.07, 6.45) is 5.41. The number of hydrogen-bond acceptors (Lipinski definition) is 3. The van der Waals surface area contributed by atoms with Crippen molar-refractivity contribution >= 4 is 10.0 Å². The highest BCUT2D eigenvalue weighted by Crippen LogP contribution is 2.24. The summed E-state index contributed by atoms with van der Waals surface area (Å²) < 4.78 is 27.1. The highest BCUT2D eigenvalue weighted by atomic mass is 32.2. The van der Waals surface area contributed by atoms with Crippen molar-refractivity contribution in [2.75, 3.05) is 6.54 Å². The van der Waals surface area contributed by atoms with Gasteiger partial charge in [-0.15, -0.1) is 0 Å². The molecule has 2 aromatic rings. The van der Waals surface area contributed by atoms with Gasteiger partial charge in [-0.1, -0.05) is 6.07 Å². The molecule has 20 heavy (non-hydrogen) atoms. The SMILES string of the molecule is O=S(=O)(NCCc1ccn[nH]1)c1ccc2c(c1)CCC2. The Morgan fingerprint density at radius 3 is 2.85 bits per heavy atom. The van der Waals surface area contributed by atoms with Crippen molar-refractivity contribution in [1.29, 1.82) is 0 Å². The summed E-state index contributed by atoms with van der Waals surface area (Å²) in [7, 11) is -3.42. The quantitative estimate of drug-likeness (QED) is 0.875. The van der Waals surface area contributed by atoms with Crippen LogP contribution in [0.4, 0.5) is 0 Å². The third-order valence-corrected chi connectivity index (χ3v) is 5.08. The molecule has 6 heteroatoms. The van der Waals surface area contributed by atoms with Gasteiger partial charge in [0.2, 0.25) is 10.0 Å². The topological polar surface area (TPSA) is 74.8 Å². The third kappa shape index (κ3) is 2.76. The summed E-state index contributed by atoms with van der Waals surface area (Å²) in [4.78, 5) is 0.364. The van der Waals surface area contributed by atoms with Gasteiger partial charge in [0.05, 0.1) is 4.90 Å². The molecule has 0 amide bonds. The Morgan fingerprint density at radius 2 is 2.05 bits per heavy atom. The zero-order valence-corrected chi connectivity index (χ0v) is 11.9. The number of nitrogens with zero attached hydrogens (tertiary/aromatic N) is 1. The smallest absolute Gasteiger partial charge is 0.240 e. The van der Waals surface area contributed by atoms with Gasteiger partial charge in [0, 0.05) is 24.9 Å². The molecular formula is C14H17N3O2S. The fourth-order valence-corrected chi connectivity index (χ4v) is 3.62. The summed E-state index contributed by atoms with van der Waals surface area (Å²) in [6, 6.07) is 7.28. The van der Waals surface area contributed by atoms with Gasteiger partial charge in [-0.3, -0.25) is 5.10 Å². The summed E-state index contributed by atoms with van der Waals surface area (Å²) in [5.41, 5.74) is 3.37. The van der Waals surface area contributed by atoms with E-state index in [-0.39, 0.29) is 0 Å². The first-order chi connectivity index (χ1) is 9.65. The van der Waals surface area contributed by atoms with Gasteiger partial charge in [0.15, 0.2) is 0 Å². The summed E-state index contributed by atoms with van der Waals surface area (Å²) in [5, 5.41) is 6.64. The second kappa shape index (κ2) is 5.38. The van der Waals surface area contributed by atoms with E-state index in [4.69, 9.17) is 0 Å². The number of nitrogens with one attached hydrogen (secondary N) is 2. The Hall–Kier alpha value is -1.66. The monoisotopic (exact) mass is 291 g/mol. The first-order valence-corrected chi connectivity index (χ1v) is 8.23. The summed E-state index contributed by atoms with van der Waals surface area (Å²) in [5.74, 6) is 0. The Morgan fingerprint density at radius 1 is 1.20 bits per heavy atom. The molecule has 2 N–H and O–H groups in total. The van der Waals surface area contributed by atoms with Crippen LogP contribution >= 0.6 is 0 Å². The molecule has 3 rings (SSSR count). The molecule has 0 fully saturated rings. The van der Waals surface area contributed by atoms with E-state index < -0.39 is 10.0 Å². The van der Waals surface area contributed by atoms with Crippen molar-refractivity contribution < 1.29 is 8.42 Å². The molecule has 106 valence electrons. The molecule has 0 spiro atoms. The predicted octanol–water partition coefficient (Wildman–Crippen LogP) is 1.42. The number of hydrogen-bond donors (Lipinski definition) is 2. The summed E-state index contributed by atoms with van der Waals surface area (Å²) >= 11 is 0. The second-order valence-electron chi connectivity index (χ2n) is 5.01. The number of sulfonamides is 1. The number of aromatic amines is 1. The third-order valence-electron chi connectivity index (χ3n) is 3.63. The zero-order chi connectivity index (χ0) is 14.0. The lowest BCUT2D eigenvalue weighted by Gasteiger charge is -2.08.